The monoisotopic (exact) mass is 664 g/mol. The van der Waals surface area contributed by atoms with Crippen molar-refractivity contribution < 1.29 is 57.6 Å². The van der Waals surface area contributed by atoms with Crippen LogP contribution in [0, 0.1) is 47.3 Å². The Morgan fingerprint density at radius 1 is 0.596 bits per heavy atom. The number of hydrogen-bond acceptors (Lipinski definition) is 12. The van der Waals surface area contributed by atoms with Gasteiger partial charge in [0.2, 0.25) is 24.2 Å². The summed E-state index contributed by atoms with van der Waals surface area (Å²) < 4.78 is 37.3. The summed E-state index contributed by atoms with van der Waals surface area (Å²) in [5.74, 6) is -1.38. The van der Waals surface area contributed by atoms with Crippen LogP contribution in [0.2, 0.25) is 0 Å². The molecule has 16 atom stereocenters. The van der Waals surface area contributed by atoms with E-state index in [1.807, 2.05) is 27.7 Å². The lowest BCUT2D eigenvalue weighted by molar-refractivity contribution is -0.576. The predicted octanol–water partition coefficient (Wildman–Crippen LogP) is 5.66. The lowest BCUT2D eigenvalue weighted by Crippen LogP contribution is -2.70. The number of esters is 2. The van der Waals surface area contributed by atoms with E-state index in [4.69, 9.17) is 48.0 Å². The molecule has 10 aliphatic rings. The van der Waals surface area contributed by atoms with Crippen LogP contribution in [-0.2, 0) is 57.6 Å². The van der Waals surface area contributed by atoms with Gasteiger partial charge in [0.1, 0.15) is 0 Å². The van der Waals surface area contributed by atoms with Crippen molar-refractivity contribution in [3.63, 3.8) is 0 Å². The number of ether oxygens (including phenoxy) is 6. The van der Waals surface area contributed by atoms with Crippen LogP contribution in [0.25, 0.3) is 0 Å². The third-order valence-corrected chi connectivity index (χ3v) is 13.5. The van der Waals surface area contributed by atoms with Crippen molar-refractivity contribution in [2.75, 3.05) is 0 Å². The molecule has 8 saturated heterocycles. The topological polar surface area (TPSA) is 126 Å². The summed E-state index contributed by atoms with van der Waals surface area (Å²) in [7, 11) is 0. The fourth-order valence-electron chi connectivity index (χ4n) is 10.8. The summed E-state index contributed by atoms with van der Waals surface area (Å²) in [6.45, 7) is 12.4. The zero-order valence-corrected chi connectivity index (χ0v) is 28.6. The van der Waals surface area contributed by atoms with Gasteiger partial charge >= 0.3 is 11.9 Å². The summed E-state index contributed by atoms with van der Waals surface area (Å²) in [5.41, 5.74) is -1.43. The molecule has 47 heavy (non-hydrogen) atoms. The summed E-state index contributed by atoms with van der Waals surface area (Å²) in [5, 5.41) is 0. The van der Waals surface area contributed by atoms with Crippen LogP contribution in [0.15, 0.2) is 0 Å². The molecule has 12 nitrogen and oxygen atoms in total. The van der Waals surface area contributed by atoms with Gasteiger partial charge in [-0.2, -0.15) is 0 Å². The van der Waals surface area contributed by atoms with Crippen LogP contribution in [0.5, 0.6) is 0 Å². The molecule has 0 aromatic carbocycles. The van der Waals surface area contributed by atoms with E-state index in [1.165, 1.54) is 0 Å². The van der Waals surface area contributed by atoms with Crippen LogP contribution in [0.4, 0.5) is 0 Å². The molecule has 2 saturated carbocycles. The lowest BCUT2D eigenvalue weighted by Gasteiger charge is -2.59. The predicted molar refractivity (Wildman–Crippen MR) is 160 cm³/mol. The van der Waals surface area contributed by atoms with Crippen molar-refractivity contribution in [2.45, 2.75) is 160 Å². The second-order valence-electron chi connectivity index (χ2n) is 16.4. The second-order valence-corrected chi connectivity index (χ2v) is 16.4. The maximum Gasteiger partial charge on any atom is 0.308 e. The first kappa shape index (κ1) is 32.8. The summed E-state index contributed by atoms with van der Waals surface area (Å²) in [6, 6.07) is 0. The summed E-state index contributed by atoms with van der Waals surface area (Å²) in [6.07, 6.45) is 4.73. The fraction of sp³-hybridized carbons (Fsp3) is 0.943. The highest BCUT2D eigenvalue weighted by Gasteiger charge is 2.71. The Hall–Kier alpha value is -1.38. The molecule has 2 aliphatic carbocycles. The Morgan fingerprint density at radius 2 is 1.02 bits per heavy atom. The summed E-state index contributed by atoms with van der Waals surface area (Å²) in [4.78, 5) is 50.3. The maximum atomic E-state index is 13.1. The van der Waals surface area contributed by atoms with Crippen molar-refractivity contribution in [1.29, 1.82) is 0 Å². The third-order valence-electron chi connectivity index (χ3n) is 13.5. The first-order valence-corrected chi connectivity index (χ1v) is 18.2. The Balaban J connectivity index is 0.867. The van der Waals surface area contributed by atoms with Crippen LogP contribution in [0.1, 0.15) is 112 Å². The SMILES string of the molecule is C[C@H]1[C@@H](OC(=O)CCCC(=O)O[C@H]2O[C@@H]3O[C@]4(C)CC[C@H]5[C@H](C)CC[C@@H]([C@H]2C)[C@@]35OO4)O[C@@H]2O[C@]3(C)CC[C@H]4[C@H](C)CC[C@@H]1[C@@]24OO3. The van der Waals surface area contributed by atoms with E-state index < -0.39 is 59.9 Å². The number of carbonyl (C=O) groups is 2. The Kier molecular flexibility index (Phi) is 8.08. The van der Waals surface area contributed by atoms with Crippen molar-refractivity contribution >= 4 is 11.9 Å². The average Bonchev–Trinajstić information content (AvgIpc) is 3.40. The van der Waals surface area contributed by atoms with E-state index >= 15 is 0 Å². The normalized spacial score (nSPS) is 54.4. The highest BCUT2D eigenvalue weighted by atomic mass is 17.3. The first-order valence-electron chi connectivity index (χ1n) is 18.2. The minimum atomic E-state index is -0.898. The molecular formula is C35H52O12. The molecule has 0 aromatic rings. The lowest BCUT2D eigenvalue weighted by atomic mass is 9.58. The highest BCUT2D eigenvalue weighted by Crippen LogP contribution is 2.62. The molecule has 4 bridgehead atoms. The number of rotatable bonds is 6. The molecule has 12 heteroatoms. The van der Waals surface area contributed by atoms with Crippen LogP contribution in [0.3, 0.4) is 0 Å². The molecule has 264 valence electrons. The zero-order chi connectivity index (χ0) is 32.9. The molecular weight excluding hydrogens is 612 g/mol. The molecule has 8 heterocycles. The molecule has 2 spiro atoms. The van der Waals surface area contributed by atoms with Gasteiger partial charge in [0.15, 0.2) is 23.8 Å². The van der Waals surface area contributed by atoms with E-state index in [-0.39, 0.29) is 54.8 Å². The standard InChI is InChI=1S/C35H52O12/c1-18-10-12-24-20(3)28(40-30-34(24)22(18)14-16-32(5,42-30)44-46-34)38-26(36)8-7-9-27(37)39-29-21(4)25-13-11-19(2)23-15-17-33(6)43-31(41-29)35(23,25)47-45-33/h18-25,28-31H,7-17H2,1-6H3/t18-,19-,20-,21-,22+,23+,24+,25+,28+,29+,30-,31-,32+,33+,34-,35-/m1/s1. The molecule has 0 amide bonds. The van der Waals surface area contributed by atoms with Crippen molar-refractivity contribution in [3.05, 3.63) is 0 Å². The zero-order valence-electron chi connectivity index (χ0n) is 28.6. The smallest absolute Gasteiger partial charge is 0.308 e. The fourth-order valence-corrected chi connectivity index (χ4v) is 10.8. The van der Waals surface area contributed by atoms with E-state index in [2.05, 4.69) is 13.8 Å². The molecule has 0 radical (unpaired) electrons. The third kappa shape index (κ3) is 5.06. The number of hydrogen-bond donors (Lipinski definition) is 0. The van der Waals surface area contributed by atoms with Gasteiger partial charge in [-0.15, -0.1) is 0 Å². The van der Waals surface area contributed by atoms with Crippen LogP contribution < -0.4 is 0 Å². The van der Waals surface area contributed by atoms with Gasteiger partial charge < -0.3 is 28.4 Å². The quantitative estimate of drug-likeness (QED) is 0.257. The average molecular weight is 665 g/mol. The van der Waals surface area contributed by atoms with E-state index in [9.17, 15) is 9.59 Å². The van der Waals surface area contributed by atoms with Crippen molar-refractivity contribution in [1.82, 2.24) is 0 Å². The largest absolute Gasteiger partial charge is 0.435 e. The number of fused-ring (bicyclic) bond motifs is 4. The number of carbonyl (C=O) groups excluding carboxylic acids is 2. The minimum Gasteiger partial charge on any atom is -0.435 e. The van der Waals surface area contributed by atoms with Gasteiger partial charge in [-0.1, -0.05) is 27.7 Å². The molecule has 10 rings (SSSR count). The van der Waals surface area contributed by atoms with E-state index in [0.717, 1.165) is 38.5 Å². The highest BCUT2D eigenvalue weighted by molar-refractivity contribution is 5.72. The summed E-state index contributed by atoms with van der Waals surface area (Å²) >= 11 is 0. The molecule has 0 N–H and O–H groups in total. The minimum absolute atomic E-state index is 0.0572. The van der Waals surface area contributed by atoms with Crippen molar-refractivity contribution in [3.8, 4) is 0 Å². The van der Waals surface area contributed by atoms with Gasteiger partial charge in [0.05, 0.1) is 0 Å². The van der Waals surface area contributed by atoms with E-state index in [1.54, 1.807) is 0 Å². The Bertz CT molecular complexity index is 1150. The Morgan fingerprint density at radius 3 is 1.45 bits per heavy atom. The molecule has 0 aromatic heterocycles. The first-order chi connectivity index (χ1) is 22.4. The van der Waals surface area contributed by atoms with E-state index in [0.29, 0.717) is 24.7 Å². The molecule has 8 aliphatic heterocycles. The maximum absolute atomic E-state index is 13.1. The van der Waals surface area contributed by atoms with Gasteiger partial charge in [-0.3, -0.25) is 9.59 Å². The molecule has 10 fully saturated rings. The second kappa shape index (κ2) is 11.6. The van der Waals surface area contributed by atoms with Crippen LogP contribution in [-0.4, -0.2) is 59.9 Å². The van der Waals surface area contributed by atoms with Gasteiger partial charge in [-0.25, -0.2) is 19.6 Å². The van der Waals surface area contributed by atoms with Crippen molar-refractivity contribution in [2.24, 2.45) is 47.3 Å². The van der Waals surface area contributed by atoms with Crippen LogP contribution >= 0.6 is 0 Å². The van der Waals surface area contributed by atoms with Gasteiger partial charge in [0, 0.05) is 49.4 Å². The van der Waals surface area contributed by atoms with Gasteiger partial charge in [-0.05, 0) is 82.5 Å². The van der Waals surface area contributed by atoms with Gasteiger partial charge in [0.25, 0.3) is 0 Å². The Labute approximate surface area is 276 Å². The molecule has 0 unspecified atom stereocenters.